The Morgan fingerprint density at radius 3 is 3.00 bits per heavy atom. The first-order valence-corrected chi connectivity index (χ1v) is 5.65. The highest BCUT2D eigenvalue weighted by Gasteiger charge is 2.14. The van der Waals surface area contributed by atoms with Crippen molar-refractivity contribution in [2.24, 2.45) is 0 Å². The van der Waals surface area contributed by atoms with Gasteiger partial charge in [0.25, 0.3) is 5.91 Å². The minimum atomic E-state index is -0.353. The molecule has 6 heteroatoms. The molecule has 2 aromatic heterocycles. The van der Waals surface area contributed by atoms with Crippen LogP contribution in [0.25, 0.3) is 10.9 Å². The van der Waals surface area contributed by atoms with Crippen LogP contribution in [-0.4, -0.2) is 16.0 Å². The SMILES string of the molecule is Cc1cc(NC(=O)c2c[nH]c3cc(F)ccc23)no1. The van der Waals surface area contributed by atoms with Crippen LogP contribution in [0.1, 0.15) is 16.1 Å². The Bertz CT molecular complexity index is 760. The molecule has 0 aliphatic carbocycles. The van der Waals surface area contributed by atoms with Crippen molar-refractivity contribution < 1.29 is 13.7 Å². The largest absolute Gasteiger partial charge is 0.360 e. The standard InChI is InChI=1S/C13H10FN3O2/c1-7-4-12(17-19-7)16-13(18)10-6-15-11-5-8(14)2-3-9(10)11/h2-6,15H,1H3,(H,16,17,18). The Balaban J connectivity index is 1.93. The first-order chi connectivity index (χ1) is 9.13. The van der Waals surface area contributed by atoms with Crippen LogP contribution >= 0.6 is 0 Å². The third kappa shape index (κ3) is 2.08. The van der Waals surface area contributed by atoms with E-state index in [0.717, 1.165) is 0 Å². The molecule has 0 spiro atoms. The van der Waals surface area contributed by atoms with E-state index in [1.54, 1.807) is 19.1 Å². The molecule has 0 saturated carbocycles. The van der Waals surface area contributed by atoms with Gasteiger partial charge in [-0.3, -0.25) is 4.79 Å². The Kier molecular flexibility index (Phi) is 2.56. The van der Waals surface area contributed by atoms with Crippen LogP contribution < -0.4 is 5.32 Å². The van der Waals surface area contributed by atoms with Gasteiger partial charge in [-0.05, 0) is 25.1 Å². The highest BCUT2D eigenvalue weighted by molar-refractivity contribution is 6.12. The third-order valence-corrected chi connectivity index (χ3v) is 2.76. The summed E-state index contributed by atoms with van der Waals surface area (Å²) in [7, 11) is 0. The molecular weight excluding hydrogens is 249 g/mol. The van der Waals surface area contributed by atoms with Crippen molar-refractivity contribution >= 4 is 22.6 Å². The molecule has 0 aliphatic rings. The van der Waals surface area contributed by atoms with E-state index in [9.17, 15) is 9.18 Å². The van der Waals surface area contributed by atoms with Gasteiger partial charge in [0, 0.05) is 23.2 Å². The number of halogens is 1. The van der Waals surface area contributed by atoms with Crippen molar-refractivity contribution in [3.05, 3.63) is 47.6 Å². The number of benzene rings is 1. The van der Waals surface area contributed by atoms with E-state index in [0.29, 0.717) is 28.0 Å². The van der Waals surface area contributed by atoms with E-state index >= 15 is 0 Å². The number of hydrogen-bond donors (Lipinski definition) is 2. The van der Waals surface area contributed by atoms with Crippen molar-refractivity contribution in [2.45, 2.75) is 6.92 Å². The predicted octanol–water partition coefficient (Wildman–Crippen LogP) is 2.86. The van der Waals surface area contributed by atoms with Gasteiger partial charge in [0.05, 0.1) is 5.56 Å². The molecule has 2 N–H and O–H groups in total. The minimum absolute atomic E-state index is 0.328. The number of carbonyl (C=O) groups excluding carboxylic acids is 1. The third-order valence-electron chi connectivity index (χ3n) is 2.76. The summed E-state index contributed by atoms with van der Waals surface area (Å²) in [5, 5.41) is 6.95. The van der Waals surface area contributed by atoms with Gasteiger partial charge in [0.2, 0.25) is 0 Å². The Morgan fingerprint density at radius 2 is 2.26 bits per heavy atom. The summed E-state index contributed by atoms with van der Waals surface area (Å²) in [5.41, 5.74) is 0.997. The monoisotopic (exact) mass is 259 g/mol. The number of aromatic amines is 1. The maximum Gasteiger partial charge on any atom is 0.259 e. The van der Waals surface area contributed by atoms with E-state index in [4.69, 9.17) is 4.52 Å². The Hall–Kier alpha value is -2.63. The van der Waals surface area contributed by atoms with Crippen LogP contribution in [0.3, 0.4) is 0 Å². The molecule has 1 amide bonds. The fourth-order valence-corrected chi connectivity index (χ4v) is 1.90. The molecular formula is C13H10FN3O2. The number of fused-ring (bicyclic) bond motifs is 1. The van der Waals surface area contributed by atoms with E-state index in [1.807, 2.05) is 0 Å². The molecule has 0 aliphatic heterocycles. The summed E-state index contributed by atoms with van der Waals surface area (Å²) in [6, 6.07) is 5.83. The average Bonchev–Trinajstić information content (AvgIpc) is 2.95. The first-order valence-electron chi connectivity index (χ1n) is 5.65. The maximum absolute atomic E-state index is 13.1. The number of carbonyl (C=O) groups is 1. The lowest BCUT2D eigenvalue weighted by atomic mass is 10.1. The molecule has 0 fully saturated rings. The van der Waals surface area contributed by atoms with Gasteiger partial charge < -0.3 is 14.8 Å². The number of anilines is 1. The number of nitrogens with zero attached hydrogens (tertiary/aromatic N) is 1. The Morgan fingerprint density at radius 1 is 1.42 bits per heavy atom. The first kappa shape index (κ1) is 11.5. The van der Waals surface area contributed by atoms with E-state index < -0.39 is 0 Å². The topological polar surface area (TPSA) is 70.9 Å². The van der Waals surface area contributed by atoms with Crippen molar-refractivity contribution in [1.82, 2.24) is 10.1 Å². The lowest BCUT2D eigenvalue weighted by molar-refractivity contribution is 0.102. The molecule has 3 rings (SSSR count). The molecule has 19 heavy (non-hydrogen) atoms. The fraction of sp³-hybridized carbons (Fsp3) is 0.0769. The number of amides is 1. The zero-order chi connectivity index (χ0) is 13.4. The molecule has 5 nitrogen and oxygen atoms in total. The number of rotatable bonds is 2. The van der Waals surface area contributed by atoms with Gasteiger partial charge in [-0.2, -0.15) is 0 Å². The van der Waals surface area contributed by atoms with Crippen LogP contribution in [-0.2, 0) is 0 Å². The molecule has 3 aromatic rings. The number of hydrogen-bond acceptors (Lipinski definition) is 3. The molecule has 0 radical (unpaired) electrons. The maximum atomic E-state index is 13.1. The second-order valence-electron chi connectivity index (χ2n) is 4.17. The highest BCUT2D eigenvalue weighted by Crippen LogP contribution is 2.20. The molecule has 0 bridgehead atoms. The van der Waals surface area contributed by atoms with Crippen molar-refractivity contribution in [2.75, 3.05) is 5.32 Å². The summed E-state index contributed by atoms with van der Waals surface area (Å²) in [4.78, 5) is 14.9. The lowest BCUT2D eigenvalue weighted by Gasteiger charge is -1.99. The molecule has 0 atom stereocenters. The lowest BCUT2D eigenvalue weighted by Crippen LogP contribution is -2.11. The van der Waals surface area contributed by atoms with Crippen LogP contribution in [0.5, 0.6) is 0 Å². The van der Waals surface area contributed by atoms with Gasteiger partial charge in [0.15, 0.2) is 5.82 Å². The molecule has 0 saturated heterocycles. The number of aryl methyl sites for hydroxylation is 1. The van der Waals surface area contributed by atoms with Crippen LogP contribution in [0.2, 0.25) is 0 Å². The second-order valence-corrected chi connectivity index (χ2v) is 4.17. The van der Waals surface area contributed by atoms with Crippen molar-refractivity contribution in [3.8, 4) is 0 Å². The summed E-state index contributed by atoms with van der Waals surface area (Å²) in [6.45, 7) is 1.73. The molecule has 1 aromatic carbocycles. The summed E-state index contributed by atoms with van der Waals surface area (Å²) < 4.78 is 17.9. The molecule has 2 heterocycles. The highest BCUT2D eigenvalue weighted by atomic mass is 19.1. The number of aromatic nitrogens is 2. The van der Waals surface area contributed by atoms with Crippen LogP contribution in [0, 0.1) is 12.7 Å². The normalized spacial score (nSPS) is 10.8. The smallest absolute Gasteiger partial charge is 0.259 e. The number of nitrogens with one attached hydrogen (secondary N) is 2. The van der Waals surface area contributed by atoms with Gasteiger partial charge in [-0.25, -0.2) is 4.39 Å². The van der Waals surface area contributed by atoms with E-state index in [-0.39, 0.29) is 11.7 Å². The quantitative estimate of drug-likeness (QED) is 0.743. The van der Waals surface area contributed by atoms with E-state index in [1.165, 1.54) is 18.3 Å². The zero-order valence-electron chi connectivity index (χ0n) is 10.0. The summed E-state index contributed by atoms with van der Waals surface area (Å²) in [6.07, 6.45) is 1.53. The Labute approximate surface area is 107 Å². The fourth-order valence-electron chi connectivity index (χ4n) is 1.90. The summed E-state index contributed by atoms with van der Waals surface area (Å²) in [5.74, 6) is 0.273. The zero-order valence-corrected chi connectivity index (χ0v) is 10.0. The van der Waals surface area contributed by atoms with Crippen LogP contribution in [0.4, 0.5) is 10.2 Å². The van der Waals surface area contributed by atoms with Gasteiger partial charge >= 0.3 is 0 Å². The summed E-state index contributed by atoms with van der Waals surface area (Å²) >= 11 is 0. The predicted molar refractivity (Wildman–Crippen MR) is 67.4 cm³/mol. The van der Waals surface area contributed by atoms with Crippen molar-refractivity contribution in [1.29, 1.82) is 0 Å². The van der Waals surface area contributed by atoms with Gasteiger partial charge in [-0.1, -0.05) is 5.16 Å². The molecule has 0 unspecified atom stereocenters. The average molecular weight is 259 g/mol. The van der Waals surface area contributed by atoms with Crippen molar-refractivity contribution in [3.63, 3.8) is 0 Å². The second kappa shape index (κ2) is 4.24. The number of H-pyrrole nitrogens is 1. The van der Waals surface area contributed by atoms with E-state index in [2.05, 4.69) is 15.5 Å². The van der Waals surface area contributed by atoms with Crippen LogP contribution in [0.15, 0.2) is 35.0 Å². The van der Waals surface area contributed by atoms with Gasteiger partial charge in [0.1, 0.15) is 11.6 Å². The van der Waals surface area contributed by atoms with Gasteiger partial charge in [-0.15, -0.1) is 0 Å². The minimum Gasteiger partial charge on any atom is -0.360 e. The molecule has 96 valence electrons.